The Hall–Kier alpha value is -2.61. The van der Waals surface area contributed by atoms with Gasteiger partial charge in [-0.2, -0.15) is 5.10 Å². The molecule has 1 saturated carbocycles. The summed E-state index contributed by atoms with van der Waals surface area (Å²) in [5.41, 5.74) is 3.01. The second kappa shape index (κ2) is 8.63. The lowest BCUT2D eigenvalue weighted by atomic mass is 9.97. The van der Waals surface area contributed by atoms with Crippen molar-refractivity contribution in [2.75, 3.05) is 32.1 Å². The zero-order chi connectivity index (χ0) is 21.3. The third kappa shape index (κ3) is 4.43. The van der Waals surface area contributed by atoms with Gasteiger partial charge in [0.05, 0.1) is 13.2 Å². The Morgan fingerprint density at radius 1 is 1.20 bits per heavy atom. The van der Waals surface area contributed by atoms with Crippen LogP contribution in [-0.4, -0.2) is 52.1 Å². The highest BCUT2D eigenvalue weighted by Gasteiger charge is 2.35. The Balaban J connectivity index is 1.51. The number of carbonyl (C=O) groups excluding carboxylic acids is 1. The van der Waals surface area contributed by atoms with E-state index in [1.807, 2.05) is 35.4 Å². The van der Waals surface area contributed by atoms with Crippen LogP contribution < -0.4 is 11.0 Å². The summed E-state index contributed by atoms with van der Waals surface area (Å²) < 4.78 is 8.51. The number of rotatable bonds is 6. The van der Waals surface area contributed by atoms with E-state index < -0.39 is 0 Å². The van der Waals surface area contributed by atoms with Gasteiger partial charge in [-0.15, -0.1) is 0 Å². The quantitative estimate of drug-likeness (QED) is 0.789. The lowest BCUT2D eigenvalue weighted by Gasteiger charge is -2.32. The summed E-state index contributed by atoms with van der Waals surface area (Å²) in [5.74, 6) is 0.892. The molecule has 1 aromatic heterocycles. The minimum Gasteiger partial charge on any atom is -0.383 e. The molecule has 0 radical (unpaired) electrons. The molecule has 1 aliphatic carbocycles. The molecule has 1 saturated heterocycles. The van der Waals surface area contributed by atoms with E-state index in [-0.39, 0.29) is 23.7 Å². The smallest absolute Gasteiger partial charge is 0.346 e. The third-order valence-corrected chi connectivity index (χ3v) is 5.86. The summed E-state index contributed by atoms with van der Waals surface area (Å²) in [6.45, 7) is 6.24. The van der Waals surface area contributed by atoms with Gasteiger partial charge in [0.25, 0.3) is 0 Å². The number of carbonyl (C=O) groups is 1. The predicted molar refractivity (Wildman–Crippen MR) is 115 cm³/mol. The van der Waals surface area contributed by atoms with Crippen LogP contribution in [0.2, 0.25) is 0 Å². The molecule has 4 rings (SSSR count). The van der Waals surface area contributed by atoms with Crippen molar-refractivity contribution >= 4 is 11.7 Å². The monoisotopic (exact) mass is 413 g/mol. The number of aryl methyl sites for hydroxylation is 2. The van der Waals surface area contributed by atoms with Crippen molar-refractivity contribution in [1.29, 1.82) is 0 Å². The fraction of sp³-hybridized carbons (Fsp3) is 0.591. The van der Waals surface area contributed by atoms with Crippen LogP contribution in [0.15, 0.2) is 23.0 Å². The van der Waals surface area contributed by atoms with Gasteiger partial charge in [0.15, 0.2) is 0 Å². The zero-order valence-electron chi connectivity index (χ0n) is 18.1. The van der Waals surface area contributed by atoms with Crippen LogP contribution >= 0.6 is 0 Å². The Kier molecular flexibility index (Phi) is 5.94. The highest BCUT2D eigenvalue weighted by atomic mass is 16.5. The standard InChI is InChI=1S/C22H31N5O3/c1-15-11-16(2)13-18(12-15)23-21(28)25-8-4-5-17(14-25)20-24-26(9-10-30-3)22(29)27(20)19-6-7-19/h11-13,17,19H,4-10,14H2,1-3H3,(H,23,28). The van der Waals surface area contributed by atoms with Crippen LogP contribution in [-0.2, 0) is 11.3 Å². The molecule has 1 aromatic carbocycles. The molecule has 1 unspecified atom stereocenters. The lowest BCUT2D eigenvalue weighted by molar-refractivity contribution is 0.181. The highest BCUT2D eigenvalue weighted by molar-refractivity contribution is 5.89. The van der Waals surface area contributed by atoms with Gasteiger partial charge < -0.3 is 15.0 Å². The first-order valence-electron chi connectivity index (χ1n) is 10.8. The second-order valence-electron chi connectivity index (χ2n) is 8.55. The van der Waals surface area contributed by atoms with Gasteiger partial charge in [0, 0.05) is 37.8 Å². The number of aromatic nitrogens is 3. The van der Waals surface area contributed by atoms with Gasteiger partial charge in [-0.3, -0.25) is 4.57 Å². The van der Waals surface area contributed by atoms with Gasteiger partial charge in [-0.1, -0.05) is 6.07 Å². The van der Waals surface area contributed by atoms with E-state index in [1.54, 1.807) is 7.11 Å². The van der Waals surface area contributed by atoms with Crippen LogP contribution in [0, 0.1) is 13.8 Å². The molecule has 2 amide bonds. The Morgan fingerprint density at radius 2 is 1.93 bits per heavy atom. The number of urea groups is 1. The summed E-state index contributed by atoms with van der Waals surface area (Å²) in [6.07, 6.45) is 3.87. The molecule has 8 nitrogen and oxygen atoms in total. The van der Waals surface area contributed by atoms with E-state index in [9.17, 15) is 9.59 Å². The van der Waals surface area contributed by atoms with E-state index in [0.29, 0.717) is 26.2 Å². The van der Waals surface area contributed by atoms with E-state index in [1.165, 1.54) is 4.68 Å². The number of hydrogen-bond donors (Lipinski definition) is 1. The molecule has 30 heavy (non-hydrogen) atoms. The molecule has 8 heteroatoms. The molecule has 0 spiro atoms. The number of methoxy groups -OCH3 is 1. The van der Waals surface area contributed by atoms with E-state index in [2.05, 4.69) is 16.5 Å². The van der Waals surface area contributed by atoms with Crippen molar-refractivity contribution in [1.82, 2.24) is 19.2 Å². The van der Waals surface area contributed by atoms with Crippen molar-refractivity contribution in [2.24, 2.45) is 0 Å². The molecule has 1 atom stereocenters. The number of ether oxygens (including phenoxy) is 1. The van der Waals surface area contributed by atoms with Crippen molar-refractivity contribution in [3.05, 3.63) is 45.6 Å². The van der Waals surface area contributed by atoms with Gasteiger partial charge in [-0.05, 0) is 62.8 Å². The molecule has 2 heterocycles. The van der Waals surface area contributed by atoms with Gasteiger partial charge in [0.1, 0.15) is 5.82 Å². The topological polar surface area (TPSA) is 81.4 Å². The summed E-state index contributed by atoms with van der Waals surface area (Å²) in [4.78, 5) is 27.6. The number of piperidine rings is 1. The average molecular weight is 414 g/mol. The minimum atomic E-state index is -0.0937. The maximum atomic E-state index is 12.9. The van der Waals surface area contributed by atoms with E-state index in [4.69, 9.17) is 4.74 Å². The fourth-order valence-corrected chi connectivity index (χ4v) is 4.34. The number of anilines is 1. The minimum absolute atomic E-state index is 0.0543. The van der Waals surface area contributed by atoms with Crippen LogP contribution in [0.4, 0.5) is 10.5 Å². The van der Waals surface area contributed by atoms with E-state index in [0.717, 1.165) is 48.3 Å². The van der Waals surface area contributed by atoms with Crippen LogP contribution in [0.25, 0.3) is 0 Å². The molecular weight excluding hydrogens is 382 g/mol. The Bertz CT molecular complexity index is 955. The molecular formula is C22H31N5O3. The first-order chi connectivity index (χ1) is 14.5. The predicted octanol–water partition coefficient (Wildman–Crippen LogP) is 3.05. The molecule has 1 N–H and O–H groups in total. The maximum absolute atomic E-state index is 12.9. The number of benzene rings is 1. The first kappa shape index (κ1) is 20.7. The summed E-state index contributed by atoms with van der Waals surface area (Å²) in [7, 11) is 1.62. The summed E-state index contributed by atoms with van der Waals surface area (Å²) in [6, 6.07) is 6.21. The van der Waals surface area contributed by atoms with Crippen LogP contribution in [0.5, 0.6) is 0 Å². The van der Waals surface area contributed by atoms with Crippen molar-refractivity contribution in [3.63, 3.8) is 0 Å². The zero-order valence-corrected chi connectivity index (χ0v) is 18.1. The third-order valence-electron chi connectivity index (χ3n) is 5.86. The largest absolute Gasteiger partial charge is 0.383 e. The SMILES string of the molecule is COCCn1nc(C2CCCN(C(=O)Nc3cc(C)cc(C)c3)C2)n(C2CC2)c1=O. The average Bonchev–Trinajstić information content (AvgIpc) is 3.49. The number of amides is 2. The number of nitrogens with one attached hydrogen (secondary N) is 1. The molecule has 2 aromatic rings. The summed E-state index contributed by atoms with van der Waals surface area (Å²) >= 11 is 0. The molecule has 2 fully saturated rings. The van der Waals surface area contributed by atoms with E-state index >= 15 is 0 Å². The number of hydrogen-bond acceptors (Lipinski definition) is 4. The molecule has 1 aliphatic heterocycles. The summed E-state index contributed by atoms with van der Waals surface area (Å²) in [5, 5.41) is 7.70. The Morgan fingerprint density at radius 3 is 2.60 bits per heavy atom. The highest BCUT2D eigenvalue weighted by Crippen LogP contribution is 2.37. The van der Waals surface area contributed by atoms with Crippen molar-refractivity contribution in [2.45, 2.75) is 58.0 Å². The van der Waals surface area contributed by atoms with Crippen molar-refractivity contribution in [3.8, 4) is 0 Å². The molecule has 0 bridgehead atoms. The lowest BCUT2D eigenvalue weighted by Crippen LogP contribution is -2.42. The first-order valence-corrected chi connectivity index (χ1v) is 10.8. The Labute approximate surface area is 176 Å². The van der Waals surface area contributed by atoms with Gasteiger partial charge >= 0.3 is 11.7 Å². The number of likely N-dealkylation sites (tertiary alicyclic amines) is 1. The van der Waals surface area contributed by atoms with Gasteiger partial charge in [-0.25, -0.2) is 14.3 Å². The normalized spacial score (nSPS) is 19.2. The van der Waals surface area contributed by atoms with Crippen molar-refractivity contribution < 1.29 is 9.53 Å². The van der Waals surface area contributed by atoms with Crippen LogP contribution in [0.3, 0.4) is 0 Å². The van der Waals surface area contributed by atoms with Gasteiger partial charge in [0.2, 0.25) is 0 Å². The maximum Gasteiger partial charge on any atom is 0.346 e. The fourth-order valence-electron chi connectivity index (χ4n) is 4.34. The molecule has 2 aliphatic rings. The molecule has 162 valence electrons. The van der Waals surface area contributed by atoms with Crippen LogP contribution in [0.1, 0.15) is 54.6 Å². The number of nitrogens with zero attached hydrogens (tertiary/aromatic N) is 4. The second-order valence-corrected chi connectivity index (χ2v) is 8.55.